The Morgan fingerprint density at radius 1 is 1.18 bits per heavy atom. The number of rotatable bonds is 7. The number of benzene rings is 1. The number of ether oxygens (including phenoxy) is 1. The zero-order valence-corrected chi connectivity index (χ0v) is 13.6. The number of anilines is 1. The van der Waals surface area contributed by atoms with E-state index in [2.05, 4.69) is 5.32 Å². The molecule has 0 atom stereocenters. The molecule has 0 radical (unpaired) electrons. The van der Waals surface area contributed by atoms with E-state index in [0.717, 1.165) is 4.31 Å². The molecule has 0 fully saturated rings. The summed E-state index contributed by atoms with van der Waals surface area (Å²) in [6.07, 6.45) is 0. The largest absolute Gasteiger partial charge is 0.462 e. The highest BCUT2D eigenvalue weighted by molar-refractivity contribution is 7.89. The van der Waals surface area contributed by atoms with Gasteiger partial charge in [0.15, 0.2) is 0 Å². The summed E-state index contributed by atoms with van der Waals surface area (Å²) in [7, 11) is -2.05. The quantitative estimate of drug-likeness (QED) is 0.756. The number of nitrogens with zero attached hydrogens (tertiary/aromatic N) is 1. The third-order valence-electron chi connectivity index (χ3n) is 2.89. The fourth-order valence-electron chi connectivity index (χ4n) is 1.63. The van der Waals surface area contributed by atoms with Gasteiger partial charge in [-0.15, -0.1) is 0 Å². The molecule has 8 heteroatoms. The van der Waals surface area contributed by atoms with E-state index in [9.17, 15) is 18.0 Å². The van der Waals surface area contributed by atoms with Crippen molar-refractivity contribution >= 4 is 27.6 Å². The van der Waals surface area contributed by atoms with E-state index in [4.69, 9.17) is 4.74 Å². The van der Waals surface area contributed by atoms with E-state index >= 15 is 0 Å². The van der Waals surface area contributed by atoms with Crippen molar-refractivity contribution in [3.8, 4) is 0 Å². The Balaban J connectivity index is 2.64. The van der Waals surface area contributed by atoms with Crippen molar-refractivity contribution in [2.45, 2.75) is 13.8 Å². The predicted octanol–water partition coefficient (Wildman–Crippen LogP) is 1.08. The Morgan fingerprint density at radius 2 is 1.77 bits per heavy atom. The molecule has 0 aliphatic rings. The number of hydrogen-bond donors (Lipinski definition) is 1. The van der Waals surface area contributed by atoms with Crippen LogP contribution in [-0.2, 0) is 19.6 Å². The van der Waals surface area contributed by atoms with Gasteiger partial charge in [0.1, 0.15) is 0 Å². The predicted molar refractivity (Wildman–Crippen MR) is 83.1 cm³/mol. The van der Waals surface area contributed by atoms with Gasteiger partial charge in [0, 0.05) is 12.7 Å². The molecule has 0 saturated carbocycles. The molecule has 1 N–H and O–H groups in total. The lowest BCUT2D eigenvalue weighted by atomic mass is 10.2. The molecule has 0 saturated heterocycles. The second-order valence-corrected chi connectivity index (χ2v) is 6.87. The maximum Gasteiger partial charge on any atom is 0.338 e. The van der Waals surface area contributed by atoms with Gasteiger partial charge in [-0.3, -0.25) is 4.79 Å². The Labute approximate surface area is 130 Å². The molecule has 0 bridgehead atoms. The third kappa shape index (κ3) is 5.12. The number of amides is 1. The summed E-state index contributed by atoms with van der Waals surface area (Å²) in [4.78, 5) is 23.3. The van der Waals surface area contributed by atoms with Crippen LogP contribution in [0.2, 0.25) is 0 Å². The summed E-state index contributed by atoms with van der Waals surface area (Å²) in [5, 5.41) is 2.57. The van der Waals surface area contributed by atoms with Gasteiger partial charge in [-0.1, -0.05) is 0 Å². The summed E-state index contributed by atoms with van der Waals surface area (Å²) in [6, 6.07) is 6.16. The molecule has 122 valence electrons. The van der Waals surface area contributed by atoms with E-state index in [-0.39, 0.29) is 18.9 Å². The molecule has 1 rings (SSSR count). The fraction of sp³-hybridized carbons (Fsp3) is 0.429. The molecule has 0 unspecified atom stereocenters. The SMILES string of the molecule is CCOC(=O)c1ccc(NC(=O)CN(C)S(=O)(=O)CC)cc1. The lowest BCUT2D eigenvalue weighted by molar-refractivity contribution is -0.116. The Bertz CT molecular complexity index is 625. The average molecular weight is 328 g/mol. The van der Waals surface area contributed by atoms with Crippen LogP contribution in [0.4, 0.5) is 5.69 Å². The van der Waals surface area contributed by atoms with Crippen LogP contribution in [0.3, 0.4) is 0 Å². The van der Waals surface area contributed by atoms with Crippen molar-refractivity contribution < 1.29 is 22.7 Å². The Morgan fingerprint density at radius 3 is 2.27 bits per heavy atom. The van der Waals surface area contributed by atoms with E-state index in [1.807, 2.05) is 0 Å². The highest BCUT2D eigenvalue weighted by Gasteiger charge is 2.18. The second kappa shape index (κ2) is 7.90. The van der Waals surface area contributed by atoms with Crippen LogP contribution in [0, 0.1) is 0 Å². The van der Waals surface area contributed by atoms with Crippen LogP contribution >= 0.6 is 0 Å². The lowest BCUT2D eigenvalue weighted by Gasteiger charge is -2.15. The molecule has 0 spiro atoms. The summed E-state index contributed by atoms with van der Waals surface area (Å²) in [6.45, 7) is 3.25. The number of esters is 1. The number of carbonyl (C=O) groups is 2. The molecule has 1 aromatic rings. The second-order valence-electron chi connectivity index (χ2n) is 4.50. The minimum atomic E-state index is -3.40. The van der Waals surface area contributed by atoms with Gasteiger partial charge in [-0.2, -0.15) is 4.31 Å². The van der Waals surface area contributed by atoms with Crippen LogP contribution in [-0.4, -0.2) is 50.6 Å². The molecular formula is C14H20N2O5S. The highest BCUT2D eigenvalue weighted by Crippen LogP contribution is 2.11. The molecule has 7 nitrogen and oxygen atoms in total. The number of likely N-dealkylation sites (N-methyl/N-ethyl adjacent to an activating group) is 1. The summed E-state index contributed by atoms with van der Waals surface area (Å²) < 4.78 is 29.0. The summed E-state index contributed by atoms with van der Waals surface area (Å²) in [5.74, 6) is -0.956. The molecule has 0 aliphatic carbocycles. The van der Waals surface area contributed by atoms with Crippen molar-refractivity contribution in [1.82, 2.24) is 4.31 Å². The maximum atomic E-state index is 11.8. The Hall–Kier alpha value is -1.93. The van der Waals surface area contributed by atoms with Crippen molar-refractivity contribution in [1.29, 1.82) is 0 Å². The first-order valence-corrected chi connectivity index (χ1v) is 8.42. The van der Waals surface area contributed by atoms with Gasteiger partial charge in [0.25, 0.3) is 0 Å². The van der Waals surface area contributed by atoms with Gasteiger partial charge in [0.05, 0.1) is 24.5 Å². The van der Waals surface area contributed by atoms with Gasteiger partial charge < -0.3 is 10.1 Å². The average Bonchev–Trinajstić information content (AvgIpc) is 2.48. The van der Waals surface area contributed by atoms with Gasteiger partial charge in [0.2, 0.25) is 15.9 Å². The van der Waals surface area contributed by atoms with E-state index in [1.54, 1.807) is 19.1 Å². The molecule has 1 amide bonds. The monoisotopic (exact) mass is 328 g/mol. The van der Waals surface area contributed by atoms with Crippen molar-refractivity contribution in [2.75, 3.05) is 31.3 Å². The normalized spacial score (nSPS) is 11.3. The van der Waals surface area contributed by atoms with Gasteiger partial charge in [-0.25, -0.2) is 13.2 Å². The van der Waals surface area contributed by atoms with Crippen molar-refractivity contribution in [3.05, 3.63) is 29.8 Å². The van der Waals surface area contributed by atoms with Crippen molar-refractivity contribution in [3.63, 3.8) is 0 Å². The van der Waals surface area contributed by atoms with Crippen LogP contribution in [0.15, 0.2) is 24.3 Å². The number of sulfonamides is 1. The molecule has 1 aromatic carbocycles. The fourth-order valence-corrected chi connectivity index (χ4v) is 2.38. The first-order valence-electron chi connectivity index (χ1n) is 6.81. The topological polar surface area (TPSA) is 92.8 Å². The highest BCUT2D eigenvalue weighted by atomic mass is 32.2. The standard InChI is InChI=1S/C14H20N2O5S/c1-4-21-14(18)11-6-8-12(9-7-11)15-13(17)10-16(3)22(19,20)5-2/h6-9H,4-5,10H2,1-3H3,(H,15,17). The van der Waals surface area contributed by atoms with Crippen LogP contribution in [0.25, 0.3) is 0 Å². The zero-order chi connectivity index (χ0) is 16.8. The van der Waals surface area contributed by atoms with Crippen LogP contribution in [0.1, 0.15) is 24.2 Å². The van der Waals surface area contributed by atoms with Gasteiger partial charge in [-0.05, 0) is 38.1 Å². The minimum Gasteiger partial charge on any atom is -0.462 e. The first-order chi connectivity index (χ1) is 10.3. The molecule has 0 aromatic heterocycles. The molecule has 0 heterocycles. The van der Waals surface area contributed by atoms with Crippen LogP contribution in [0.5, 0.6) is 0 Å². The van der Waals surface area contributed by atoms with E-state index in [0.29, 0.717) is 11.3 Å². The lowest BCUT2D eigenvalue weighted by Crippen LogP contribution is -2.35. The molecule has 22 heavy (non-hydrogen) atoms. The third-order valence-corrected chi connectivity index (χ3v) is 4.69. The minimum absolute atomic E-state index is 0.0645. The van der Waals surface area contributed by atoms with E-state index in [1.165, 1.54) is 26.1 Å². The number of carbonyl (C=O) groups excluding carboxylic acids is 2. The van der Waals surface area contributed by atoms with Crippen molar-refractivity contribution in [2.24, 2.45) is 0 Å². The molecule has 0 aliphatic heterocycles. The molecular weight excluding hydrogens is 308 g/mol. The van der Waals surface area contributed by atoms with Crippen LogP contribution < -0.4 is 5.32 Å². The first kappa shape index (κ1) is 18.1. The van der Waals surface area contributed by atoms with E-state index < -0.39 is 21.9 Å². The van der Waals surface area contributed by atoms with Gasteiger partial charge >= 0.3 is 5.97 Å². The zero-order valence-electron chi connectivity index (χ0n) is 12.8. The summed E-state index contributed by atoms with van der Waals surface area (Å²) in [5.41, 5.74) is 0.853. The maximum absolute atomic E-state index is 11.8. The number of nitrogens with one attached hydrogen (secondary N) is 1. The smallest absolute Gasteiger partial charge is 0.338 e. The Kier molecular flexibility index (Phi) is 6.51. The summed E-state index contributed by atoms with van der Waals surface area (Å²) >= 11 is 0. The number of hydrogen-bond acceptors (Lipinski definition) is 5.